The summed E-state index contributed by atoms with van der Waals surface area (Å²) < 4.78 is 5.17. The van der Waals surface area contributed by atoms with E-state index in [9.17, 15) is 0 Å². The highest BCUT2D eigenvalue weighted by atomic mass is 32.2. The largest absolute Gasteiger partial charge is 0.497 e. The van der Waals surface area contributed by atoms with Gasteiger partial charge in [0.2, 0.25) is 0 Å². The molecule has 1 N–H and O–H groups in total. The van der Waals surface area contributed by atoms with E-state index in [0.29, 0.717) is 0 Å². The summed E-state index contributed by atoms with van der Waals surface area (Å²) in [5.74, 6) is 2.06. The third-order valence-electron chi connectivity index (χ3n) is 3.17. The van der Waals surface area contributed by atoms with Crippen LogP contribution in [0.1, 0.15) is 24.8 Å². The molecule has 1 aromatic rings. The van der Waals surface area contributed by atoms with Crippen LogP contribution < -0.4 is 10.1 Å². The van der Waals surface area contributed by atoms with Gasteiger partial charge < -0.3 is 10.1 Å². The molecule has 2 nitrogen and oxygen atoms in total. The molecule has 1 aliphatic rings. The van der Waals surface area contributed by atoms with Gasteiger partial charge in [-0.2, -0.15) is 11.8 Å². The second kappa shape index (κ2) is 6.92. The van der Waals surface area contributed by atoms with Crippen LogP contribution in [0.15, 0.2) is 24.3 Å². The maximum absolute atomic E-state index is 5.17. The number of hydrogen-bond donors (Lipinski definition) is 1. The highest BCUT2D eigenvalue weighted by Crippen LogP contribution is 2.25. The second-order valence-electron chi connectivity index (χ2n) is 4.46. The Balaban J connectivity index is 1.79. The average molecular weight is 251 g/mol. The minimum absolute atomic E-state index is 0.826. The first-order chi connectivity index (χ1) is 8.38. The van der Waals surface area contributed by atoms with E-state index in [4.69, 9.17) is 4.74 Å². The van der Waals surface area contributed by atoms with E-state index in [-0.39, 0.29) is 0 Å². The molecule has 0 amide bonds. The van der Waals surface area contributed by atoms with Crippen LogP contribution >= 0.6 is 11.8 Å². The van der Waals surface area contributed by atoms with Crippen molar-refractivity contribution in [1.82, 2.24) is 5.32 Å². The SMILES string of the molecule is COc1ccc(CSC2CCCNCC2)cc1. The molecule has 0 bridgehead atoms. The lowest BCUT2D eigenvalue weighted by Crippen LogP contribution is -2.14. The molecule has 1 aliphatic heterocycles. The van der Waals surface area contributed by atoms with Gasteiger partial charge in [-0.15, -0.1) is 0 Å². The first-order valence-corrected chi connectivity index (χ1v) is 7.38. The number of benzene rings is 1. The predicted octanol–water partition coefficient (Wildman–Crippen LogP) is 3.07. The molecule has 1 atom stereocenters. The van der Waals surface area contributed by atoms with Crippen LogP contribution in [0.25, 0.3) is 0 Å². The van der Waals surface area contributed by atoms with Crippen LogP contribution in [0.2, 0.25) is 0 Å². The lowest BCUT2D eigenvalue weighted by Gasteiger charge is -2.13. The maximum Gasteiger partial charge on any atom is 0.118 e. The van der Waals surface area contributed by atoms with Gasteiger partial charge in [-0.25, -0.2) is 0 Å². The van der Waals surface area contributed by atoms with Crippen LogP contribution in [0.4, 0.5) is 0 Å². The summed E-state index contributed by atoms with van der Waals surface area (Å²) in [6, 6.07) is 8.43. The molecule has 1 saturated heterocycles. The van der Waals surface area contributed by atoms with Crippen molar-refractivity contribution in [3.8, 4) is 5.75 Å². The molecular formula is C14H21NOS. The molecule has 1 aromatic carbocycles. The molecule has 0 aliphatic carbocycles. The Bertz CT molecular complexity index is 317. The van der Waals surface area contributed by atoms with Crippen molar-refractivity contribution in [3.63, 3.8) is 0 Å². The van der Waals surface area contributed by atoms with Crippen molar-refractivity contribution < 1.29 is 4.74 Å². The Morgan fingerprint density at radius 1 is 1.24 bits per heavy atom. The number of rotatable bonds is 4. The second-order valence-corrected chi connectivity index (χ2v) is 5.75. The van der Waals surface area contributed by atoms with Gasteiger partial charge in [-0.05, 0) is 50.0 Å². The van der Waals surface area contributed by atoms with Gasteiger partial charge in [-0.3, -0.25) is 0 Å². The third kappa shape index (κ3) is 4.25. The monoisotopic (exact) mass is 251 g/mol. The Labute approximate surface area is 108 Å². The Kier molecular flexibility index (Phi) is 5.20. The molecule has 17 heavy (non-hydrogen) atoms. The van der Waals surface area contributed by atoms with Crippen molar-refractivity contribution in [2.24, 2.45) is 0 Å². The number of thioether (sulfide) groups is 1. The van der Waals surface area contributed by atoms with E-state index in [1.165, 1.54) is 37.9 Å². The molecule has 2 rings (SSSR count). The molecule has 0 spiro atoms. The van der Waals surface area contributed by atoms with Gasteiger partial charge in [0.1, 0.15) is 5.75 Å². The van der Waals surface area contributed by atoms with E-state index < -0.39 is 0 Å². The van der Waals surface area contributed by atoms with E-state index >= 15 is 0 Å². The molecular weight excluding hydrogens is 230 g/mol. The van der Waals surface area contributed by atoms with E-state index in [0.717, 1.165) is 16.8 Å². The summed E-state index contributed by atoms with van der Waals surface area (Å²) >= 11 is 2.10. The van der Waals surface area contributed by atoms with Gasteiger partial charge in [0, 0.05) is 11.0 Å². The van der Waals surface area contributed by atoms with Crippen LogP contribution in [0, 0.1) is 0 Å². The standard InChI is InChI=1S/C14H21NOS/c1-16-13-6-4-12(5-7-13)11-17-14-3-2-9-15-10-8-14/h4-7,14-15H,2-3,8-11H2,1H3. The van der Waals surface area contributed by atoms with Crippen LogP contribution in [0.3, 0.4) is 0 Å². The zero-order valence-corrected chi connectivity index (χ0v) is 11.3. The minimum Gasteiger partial charge on any atom is -0.497 e. The fraction of sp³-hybridized carbons (Fsp3) is 0.571. The zero-order valence-electron chi connectivity index (χ0n) is 10.4. The lowest BCUT2D eigenvalue weighted by molar-refractivity contribution is 0.414. The summed E-state index contributed by atoms with van der Waals surface area (Å²) in [6.07, 6.45) is 3.98. The van der Waals surface area contributed by atoms with Gasteiger partial charge in [0.15, 0.2) is 0 Å². The van der Waals surface area contributed by atoms with E-state index in [1.807, 2.05) is 12.1 Å². The molecule has 0 aromatic heterocycles. The van der Waals surface area contributed by atoms with E-state index in [1.54, 1.807) is 7.11 Å². The Hall–Kier alpha value is -0.670. The van der Waals surface area contributed by atoms with Crippen LogP contribution in [0.5, 0.6) is 5.75 Å². The Morgan fingerprint density at radius 3 is 2.82 bits per heavy atom. The van der Waals surface area contributed by atoms with Gasteiger partial charge in [-0.1, -0.05) is 12.1 Å². The van der Waals surface area contributed by atoms with Crippen LogP contribution in [-0.4, -0.2) is 25.4 Å². The lowest BCUT2D eigenvalue weighted by atomic mass is 10.2. The molecule has 0 saturated carbocycles. The van der Waals surface area contributed by atoms with Crippen molar-refractivity contribution in [2.75, 3.05) is 20.2 Å². The predicted molar refractivity (Wildman–Crippen MR) is 74.8 cm³/mol. The number of nitrogens with one attached hydrogen (secondary N) is 1. The van der Waals surface area contributed by atoms with Gasteiger partial charge in [0.25, 0.3) is 0 Å². The number of methoxy groups -OCH3 is 1. The maximum atomic E-state index is 5.17. The van der Waals surface area contributed by atoms with Gasteiger partial charge >= 0.3 is 0 Å². The van der Waals surface area contributed by atoms with E-state index in [2.05, 4.69) is 29.2 Å². The Morgan fingerprint density at radius 2 is 2.06 bits per heavy atom. The summed E-state index contributed by atoms with van der Waals surface area (Å²) in [5, 5.41) is 4.29. The quantitative estimate of drug-likeness (QED) is 0.888. The minimum atomic E-state index is 0.826. The fourth-order valence-electron chi connectivity index (χ4n) is 2.09. The summed E-state index contributed by atoms with van der Waals surface area (Å²) in [7, 11) is 1.71. The van der Waals surface area contributed by atoms with Crippen molar-refractivity contribution in [2.45, 2.75) is 30.3 Å². The summed E-state index contributed by atoms with van der Waals surface area (Å²) in [4.78, 5) is 0. The van der Waals surface area contributed by atoms with Crippen molar-refractivity contribution >= 4 is 11.8 Å². The smallest absolute Gasteiger partial charge is 0.118 e. The van der Waals surface area contributed by atoms with Crippen molar-refractivity contribution in [1.29, 1.82) is 0 Å². The normalized spacial score (nSPS) is 20.9. The number of hydrogen-bond acceptors (Lipinski definition) is 3. The van der Waals surface area contributed by atoms with Crippen LogP contribution in [-0.2, 0) is 5.75 Å². The highest BCUT2D eigenvalue weighted by Gasteiger charge is 2.12. The first-order valence-electron chi connectivity index (χ1n) is 6.34. The third-order valence-corrected chi connectivity index (χ3v) is 4.61. The topological polar surface area (TPSA) is 21.3 Å². The molecule has 3 heteroatoms. The van der Waals surface area contributed by atoms with Crippen molar-refractivity contribution in [3.05, 3.63) is 29.8 Å². The summed E-state index contributed by atoms with van der Waals surface area (Å²) in [5.41, 5.74) is 1.40. The average Bonchev–Trinajstić information content (AvgIpc) is 2.65. The fourth-order valence-corrected chi connectivity index (χ4v) is 3.33. The molecule has 94 valence electrons. The number of ether oxygens (including phenoxy) is 1. The first kappa shape index (κ1) is 12.8. The zero-order chi connectivity index (χ0) is 11.9. The highest BCUT2D eigenvalue weighted by molar-refractivity contribution is 7.99. The molecule has 1 unspecified atom stereocenters. The molecule has 0 radical (unpaired) electrons. The molecule has 1 heterocycles. The van der Waals surface area contributed by atoms with Gasteiger partial charge in [0.05, 0.1) is 7.11 Å². The molecule has 1 fully saturated rings. The summed E-state index contributed by atoms with van der Waals surface area (Å²) in [6.45, 7) is 2.37.